The van der Waals surface area contributed by atoms with Gasteiger partial charge in [0.15, 0.2) is 0 Å². The Labute approximate surface area is 397 Å². The highest BCUT2D eigenvalue weighted by Gasteiger charge is 2.36. The fourth-order valence-corrected chi connectivity index (χ4v) is 9.68. The lowest BCUT2D eigenvalue weighted by Crippen LogP contribution is -2.32. The van der Waals surface area contributed by atoms with E-state index in [1.807, 2.05) is 0 Å². The summed E-state index contributed by atoms with van der Waals surface area (Å²) in [6.07, 6.45) is -1.06. The van der Waals surface area contributed by atoms with Crippen LogP contribution in [0.1, 0.15) is 65.5 Å². The molecule has 2 aromatic carbocycles. The van der Waals surface area contributed by atoms with Crippen molar-refractivity contribution in [2.75, 3.05) is 9.44 Å². The minimum Gasteiger partial charge on any atom is -0.350 e. The van der Waals surface area contributed by atoms with Crippen molar-refractivity contribution in [1.29, 1.82) is 0 Å². The van der Waals surface area contributed by atoms with E-state index < -0.39 is 74.9 Å². The van der Waals surface area contributed by atoms with Crippen LogP contribution in [0.15, 0.2) is 108 Å². The number of sulfonamides is 2. The van der Waals surface area contributed by atoms with E-state index in [1.54, 1.807) is 46.0 Å². The summed E-state index contributed by atoms with van der Waals surface area (Å²) in [7, 11) is -9.10. The fraction of sp³-hybridized carbons (Fsp3) is 0.136. The molecule has 0 saturated carbocycles. The first-order chi connectivity index (χ1) is 32.2. The van der Waals surface area contributed by atoms with E-state index in [-0.39, 0.29) is 39.5 Å². The summed E-state index contributed by atoms with van der Waals surface area (Å²) >= 11 is 11.2. The Bertz CT molecular complexity index is 3620. The number of hydrogen-bond donors (Lipinski definition) is 5. The smallest absolute Gasteiger partial charge is 0.350 e. The first-order valence-corrected chi connectivity index (χ1v) is 23.4. The fourth-order valence-electron chi connectivity index (χ4n) is 7.06. The van der Waals surface area contributed by atoms with Crippen LogP contribution in [0.3, 0.4) is 0 Å². The molecule has 0 unspecified atom stereocenters. The number of ketones is 2. The van der Waals surface area contributed by atoms with Crippen LogP contribution in [0.5, 0.6) is 0 Å². The average Bonchev–Trinajstić information content (AvgIpc) is 3.94. The van der Waals surface area contributed by atoms with Gasteiger partial charge in [-0.15, -0.1) is 0 Å². The molecule has 0 radical (unpaired) electrons. The van der Waals surface area contributed by atoms with Crippen molar-refractivity contribution in [3.05, 3.63) is 164 Å². The van der Waals surface area contributed by atoms with Crippen LogP contribution in [-0.2, 0) is 32.4 Å². The number of aromatic amines is 2. The zero-order valence-electron chi connectivity index (χ0n) is 35.8. The van der Waals surface area contributed by atoms with Crippen LogP contribution < -0.4 is 14.2 Å². The number of carbonyl (C=O) groups excluding carboxylic acids is 2. The Morgan fingerprint density at radius 2 is 1.07 bits per heavy atom. The summed E-state index contributed by atoms with van der Waals surface area (Å²) in [5.74, 6) is -1.23. The Hall–Kier alpha value is -7.08. The van der Waals surface area contributed by atoms with Crippen molar-refractivity contribution < 1.29 is 62.7 Å². The van der Waals surface area contributed by atoms with Crippen molar-refractivity contribution >= 4 is 88.3 Å². The number of pyridine rings is 4. The number of benzene rings is 2. The molecule has 0 bridgehead atoms. The molecule has 25 heteroatoms. The van der Waals surface area contributed by atoms with Crippen molar-refractivity contribution in [2.24, 2.45) is 0 Å². The highest BCUT2D eigenvalue weighted by Crippen LogP contribution is 2.38. The molecule has 15 nitrogen and oxygen atoms in total. The van der Waals surface area contributed by atoms with E-state index in [0.717, 1.165) is 29.0 Å². The summed E-state index contributed by atoms with van der Waals surface area (Å²) in [5, 5.41) is 9.66. The van der Waals surface area contributed by atoms with Crippen LogP contribution in [0.4, 0.5) is 37.7 Å². The maximum absolute atomic E-state index is 13.5. The molecule has 5 N–H and O–H groups in total. The van der Waals surface area contributed by atoms with E-state index in [0.29, 0.717) is 50.8 Å². The number of H-pyrrole nitrogens is 2. The van der Waals surface area contributed by atoms with Gasteiger partial charge in [-0.05, 0) is 105 Å². The highest BCUT2D eigenvalue weighted by molar-refractivity contribution is 7.93. The molecule has 0 saturated heterocycles. The molecule has 69 heavy (non-hydrogen) atoms. The normalized spacial score (nSPS) is 12.2. The monoisotopic (exact) mass is 1030 g/mol. The van der Waals surface area contributed by atoms with E-state index >= 15 is 0 Å². The van der Waals surface area contributed by atoms with Gasteiger partial charge in [0.05, 0.1) is 53.9 Å². The molecule has 0 aliphatic heterocycles. The SMILES string of the molecule is Cc1cnc(C(=O)c2c(C)c[n+](O)c3[nH]ccc23)c(NS(=O)(=O)c2ccc(Cl)c(C(F)(F)F)c2)c1.Cc1cnc(C(=O)c2c(C)cnc3[nH]ccc23)c(NS(=O)(=O)c2ccc(Cl)c(C(F)(F)F)c2)c1. The zero-order chi connectivity index (χ0) is 50.5. The van der Waals surface area contributed by atoms with Crippen LogP contribution in [-0.4, -0.2) is 58.5 Å². The number of anilines is 2. The number of rotatable bonds is 10. The maximum Gasteiger partial charge on any atom is 0.417 e. The first kappa shape index (κ1) is 49.8. The molecule has 0 atom stereocenters. The van der Waals surface area contributed by atoms with Gasteiger partial charge in [0.2, 0.25) is 11.6 Å². The number of aromatic nitrogens is 6. The highest BCUT2D eigenvalue weighted by atomic mass is 35.5. The second-order valence-corrected chi connectivity index (χ2v) is 19.5. The van der Waals surface area contributed by atoms with E-state index in [4.69, 9.17) is 23.2 Å². The Morgan fingerprint density at radius 3 is 1.55 bits per heavy atom. The van der Waals surface area contributed by atoms with Gasteiger partial charge in [-0.2, -0.15) is 26.3 Å². The van der Waals surface area contributed by atoms with Gasteiger partial charge >= 0.3 is 18.0 Å². The van der Waals surface area contributed by atoms with Gasteiger partial charge in [-0.3, -0.25) is 29.0 Å². The van der Waals surface area contributed by atoms with Crippen molar-refractivity contribution in [3.63, 3.8) is 0 Å². The standard InChI is InChI=1S/C22H16ClF3N4O4S.C22H16ClF3N4O3S/c1-11-7-17(29-35(33,34)13-3-4-16(23)15(8-13)22(24,25)26)19(28-9-11)20(31)18-12(2)10-30(32)21-14(18)5-6-27-21;1-11-7-17(30-34(32,33)13-3-4-16(23)15(8-13)22(24,25)26)19(28-9-11)20(31)18-12(2)10-29-21-14(18)5-6-27-21/h3-10,32H,1-2H3,(H,29,31);3-10,30H,1-2H3,(H,27,29)/p+1. The Morgan fingerprint density at radius 1 is 0.623 bits per heavy atom. The number of carbonyl (C=O) groups is 2. The number of nitrogens with one attached hydrogen (secondary N) is 4. The number of hydrogen-bond acceptors (Lipinski definition) is 10. The van der Waals surface area contributed by atoms with Gasteiger partial charge in [-0.25, -0.2) is 26.8 Å². The zero-order valence-corrected chi connectivity index (χ0v) is 38.9. The quantitative estimate of drug-likeness (QED) is 0.0378. The number of nitrogens with zero attached hydrogens (tertiary/aromatic N) is 4. The summed E-state index contributed by atoms with van der Waals surface area (Å²) in [6.45, 7) is 6.49. The molecule has 0 aliphatic rings. The summed E-state index contributed by atoms with van der Waals surface area (Å²) in [5.41, 5.74) is -0.408. The molecule has 8 rings (SSSR count). The molecule has 6 heterocycles. The lowest BCUT2D eigenvalue weighted by atomic mass is 10.00. The molecule has 0 aliphatic carbocycles. The predicted octanol–water partition coefficient (Wildman–Crippen LogP) is 9.69. The van der Waals surface area contributed by atoms with Gasteiger partial charge in [0.1, 0.15) is 23.2 Å². The van der Waals surface area contributed by atoms with E-state index in [2.05, 4.69) is 34.4 Å². The number of alkyl halides is 6. The summed E-state index contributed by atoms with van der Waals surface area (Å²) < 4.78 is 137. The van der Waals surface area contributed by atoms with Crippen LogP contribution in [0.25, 0.3) is 22.1 Å². The van der Waals surface area contributed by atoms with Gasteiger partial charge in [0, 0.05) is 46.9 Å². The van der Waals surface area contributed by atoms with Crippen molar-refractivity contribution in [1.82, 2.24) is 24.9 Å². The summed E-state index contributed by atoms with van der Waals surface area (Å²) in [6, 6.07) is 10.4. The minimum absolute atomic E-state index is 0.161. The minimum atomic E-state index is -4.87. The number of fused-ring (bicyclic) bond motifs is 2. The molecule has 6 aromatic heterocycles. The van der Waals surface area contributed by atoms with Gasteiger partial charge in [-0.1, -0.05) is 27.9 Å². The molecule has 0 fully saturated rings. The molecule has 8 aromatic rings. The topological polar surface area (TPSA) is 221 Å². The molecule has 358 valence electrons. The number of halogens is 8. The Balaban J connectivity index is 0.000000204. The number of aryl methyl sites for hydroxylation is 4. The van der Waals surface area contributed by atoms with Crippen molar-refractivity contribution in [2.45, 2.75) is 49.8 Å². The predicted molar refractivity (Wildman–Crippen MR) is 241 cm³/mol. The van der Waals surface area contributed by atoms with Crippen LogP contribution >= 0.6 is 23.2 Å². The largest absolute Gasteiger partial charge is 0.417 e. The van der Waals surface area contributed by atoms with E-state index in [1.165, 1.54) is 43.1 Å². The second kappa shape index (κ2) is 18.4. The molecule has 0 spiro atoms. The van der Waals surface area contributed by atoms with Crippen LogP contribution in [0, 0.1) is 27.7 Å². The lowest BCUT2D eigenvalue weighted by Gasteiger charge is -2.15. The van der Waals surface area contributed by atoms with Gasteiger partial charge < -0.3 is 10.2 Å². The Kier molecular flexibility index (Phi) is 13.3. The third-order valence-electron chi connectivity index (χ3n) is 10.2. The third-order valence-corrected chi connectivity index (χ3v) is 13.6. The average molecular weight is 1030 g/mol. The first-order valence-electron chi connectivity index (χ1n) is 19.6. The van der Waals surface area contributed by atoms with Crippen LogP contribution in [0.2, 0.25) is 10.0 Å². The van der Waals surface area contributed by atoms with Crippen molar-refractivity contribution in [3.8, 4) is 0 Å². The molecule has 0 amide bonds. The second-order valence-electron chi connectivity index (χ2n) is 15.3. The third kappa shape index (κ3) is 10.2. The molecular weight excluding hydrogens is 1000 g/mol. The molecular formula is C44H33Cl2F6N8O7S2+. The summed E-state index contributed by atoms with van der Waals surface area (Å²) in [4.78, 5) is 43.7. The van der Waals surface area contributed by atoms with E-state index in [9.17, 15) is 58.0 Å². The van der Waals surface area contributed by atoms with Gasteiger partial charge in [0.25, 0.3) is 20.0 Å². The lowest BCUT2D eigenvalue weighted by molar-refractivity contribution is -0.886. The maximum atomic E-state index is 13.5.